The largest absolute Gasteiger partial charge is 0.511 e. The fourth-order valence-electron chi connectivity index (χ4n) is 4.05. The Hall–Kier alpha value is -3.47. The Morgan fingerprint density at radius 2 is 1.97 bits per heavy atom. The molecule has 1 fully saturated rings. The number of benzene rings is 2. The van der Waals surface area contributed by atoms with Crippen LogP contribution in [0.2, 0.25) is 0 Å². The van der Waals surface area contributed by atoms with E-state index < -0.39 is 12.8 Å². The zero-order chi connectivity index (χ0) is 23.4. The summed E-state index contributed by atoms with van der Waals surface area (Å²) in [4.78, 5) is 13.0. The number of rotatable bonds is 8. The summed E-state index contributed by atoms with van der Waals surface area (Å²) in [5.41, 5.74) is 2.35. The smallest absolute Gasteiger partial charge is 0.490 e. The Balaban J connectivity index is 1.39. The van der Waals surface area contributed by atoms with Gasteiger partial charge in [-0.15, -0.1) is 5.10 Å². The Morgan fingerprint density at radius 3 is 2.67 bits per heavy atom. The number of carbonyl (C=O) groups is 1. The molecular weight excluding hydrogens is 438 g/mol. The van der Waals surface area contributed by atoms with Crippen molar-refractivity contribution in [3.05, 3.63) is 42.0 Å². The second kappa shape index (κ2) is 9.99. The van der Waals surface area contributed by atoms with E-state index in [1.165, 1.54) is 6.07 Å². The lowest BCUT2D eigenvalue weighted by atomic mass is 10.0. The molecule has 0 amide bonds. The van der Waals surface area contributed by atoms with Crippen molar-refractivity contribution >= 4 is 17.2 Å². The van der Waals surface area contributed by atoms with E-state index >= 15 is 0 Å². The molecule has 2 heterocycles. The number of likely N-dealkylation sites (tertiary alicyclic amines) is 1. The normalized spacial score (nSPS) is 15.2. The van der Waals surface area contributed by atoms with Crippen LogP contribution in [0.25, 0.3) is 11.0 Å². The van der Waals surface area contributed by atoms with Crippen LogP contribution in [0.4, 0.5) is 13.6 Å². The van der Waals surface area contributed by atoms with Crippen LogP contribution in [0.5, 0.6) is 17.2 Å². The molecular formula is C22H24F2N4O5. The maximum Gasteiger partial charge on any atom is 0.511 e. The number of alkyl halides is 2. The summed E-state index contributed by atoms with van der Waals surface area (Å²) in [7, 11) is 0. The SMILES string of the molecule is CCOc1cc(CN2CCC(n3nnc4cc(OC(=O)O)ccc43)CC2)ccc1OC(F)F. The number of halogens is 2. The predicted molar refractivity (Wildman–Crippen MR) is 114 cm³/mol. The Bertz CT molecular complexity index is 1120. The molecule has 9 nitrogen and oxygen atoms in total. The summed E-state index contributed by atoms with van der Waals surface area (Å²) in [6.07, 6.45) is 0.340. The first-order valence-corrected chi connectivity index (χ1v) is 10.6. The average Bonchev–Trinajstić information content (AvgIpc) is 3.19. The lowest BCUT2D eigenvalue weighted by Gasteiger charge is -2.32. The van der Waals surface area contributed by atoms with Crippen molar-refractivity contribution in [1.29, 1.82) is 0 Å². The molecule has 1 saturated heterocycles. The van der Waals surface area contributed by atoms with E-state index in [0.717, 1.165) is 37.0 Å². The molecule has 1 aliphatic rings. The van der Waals surface area contributed by atoms with Crippen molar-refractivity contribution in [2.24, 2.45) is 0 Å². The minimum atomic E-state index is -2.90. The maximum absolute atomic E-state index is 12.6. The van der Waals surface area contributed by atoms with Crippen LogP contribution in [0, 0.1) is 0 Å². The quantitative estimate of drug-likeness (QED) is 0.390. The zero-order valence-electron chi connectivity index (χ0n) is 18.0. The Morgan fingerprint density at radius 1 is 1.18 bits per heavy atom. The van der Waals surface area contributed by atoms with Crippen LogP contribution in [0.1, 0.15) is 31.4 Å². The summed E-state index contributed by atoms with van der Waals surface area (Å²) >= 11 is 0. The standard InChI is InChI=1S/C22H24F2N4O5/c1-2-31-20-11-14(3-6-19(20)33-21(23)24)13-27-9-7-15(8-10-27)28-18-5-4-16(32-22(29)30)12-17(18)25-26-28/h3-6,11-12,15,21H,2,7-10,13H2,1H3,(H,29,30). The first-order chi connectivity index (χ1) is 15.9. The van der Waals surface area contributed by atoms with Crippen LogP contribution in [-0.4, -0.2) is 57.5 Å². The molecule has 4 rings (SSSR count). The van der Waals surface area contributed by atoms with Crippen LogP contribution < -0.4 is 14.2 Å². The minimum absolute atomic E-state index is 0.0317. The minimum Gasteiger partial charge on any atom is -0.490 e. The molecule has 0 radical (unpaired) electrons. The van der Waals surface area contributed by atoms with Crippen LogP contribution in [-0.2, 0) is 6.54 Å². The fourth-order valence-corrected chi connectivity index (χ4v) is 4.05. The van der Waals surface area contributed by atoms with Crippen molar-refractivity contribution in [2.45, 2.75) is 39.0 Å². The van der Waals surface area contributed by atoms with Gasteiger partial charge >= 0.3 is 12.8 Å². The monoisotopic (exact) mass is 462 g/mol. The molecule has 1 N–H and O–H groups in total. The van der Waals surface area contributed by atoms with Crippen LogP contribution >= 0.6 is 0 Å². The number of hydrogen-bond acceptors (Lipinski definition) is 7. The highest BCUT2D eigenvalue weighted by Gasteiger charge is 2.24. The fraction of sp³-hybridized carbons (Fsp3) is 0.409. The first-order valence-electron chi connectivity index (χ1n) is 10.6. The highest BCUT2D eigenvalue weighted by Crippen LogP contribution is 2.32. The van der Waals surface area contributed by atoms with Crippen molar-refractivity contribution in [1.82, 2.24) is 19.9 Å². The van der Waals surface area contributed by atoms with E-state index in [4.69, 9.17) is 9.84 Å². The molecule has 0 aliphatic carbocycles. The Kier molecular flexibility index (Phi) is 6.87. The third-order valence-electron chi connectivity index (χ3n) is 5.48. The molecule has 176 valence electrons. The van der Waals surface area contributed by atoms with Gasteiger partial charge in [0.1, 0.15) is 11.3 Å². The lowest BCUT2D eigenvalue weighted by molar-refractivity contribution is -0.0514. The van der Waals surface area contributed by atoms with E-state index in [0.29, 0.717) is 24.4 Å². The van der Waals surface area contributed by atoms with Gasteiger partial charge in [-0.25, -0.2) is 9.48 Å². The third-order valence-corrected chi connectivity index (χ3v) is 5.48. The van der Waals surface area contributed by atoms with E-state index in [-0.39, 0.29) is 17.5 Å². The molecule has 0 bridgehead atoms. The van der Waals surface area contributed by atoms with E-state index in [1.54, 1.807) is 37.3 Å². The van der Waals surface area contributed by atoms with Crippen molar-refractivity contribution < 1.29 is 32.9 Å². The van der Waals surface area contributed by atoms with Gasteiger partial charge in [0.15, 0.2) is 11.5 Å². The molecule has 0 saturated carbocycles. The van der Waals surface area contributed by atoms with Crippen LogP contribution in [0.15, 0.2) is 36.4 Å². The molecule has 1 aromatic heterocycles. The number of aromatic nitrogens is 3. The maximum atomic E-state index is 12.6. The number of carboxylic acid groups (broad SMARTS) is 1. The third kappa shape index (κ3) is 5.48. The van der Waals surface area contributed by atoms with Gasteiger partial charge < -0.3 is 19.3 Å². The molecule has 0 unspecified atom stereocenters. The number of nitrogens with zero attached hydrogens (tertiary/aromatic N) is 4. The predicted octanol–water partition coefficient (Wildman–Crippen LogP) is 4.33. The summed E-state index contributed by atoms with van der Waals surface area (Å²) in [5, 5.41) is 17.2. The van der Waals surface area contributed by atoms with Crippen molar-refractivity contribution in [3.8, 4) is 17.2 Å². The Labute approximate surface area is 188 Å². The number of ether oxygens (including phenoxy) is 3. The molecule has 3 aromatic rings. The molecule has 0 atom stereocenters. The molecule has 2 aromatic carbocycles. The molecule has 0 spiro atoms. The van der Waals surface area contributed by atoms with Gasteiger partial charge in [-0.1, -0.05) is 11.3 Å². The lowest BCUT2D eigenvalue weighted by Crippen LogP contribution is -2.34. The van der Waals surface area contributed by atoms with E-state index in [1.807, 2.05) is 4.68 Å². The molecule has 1 aliphatic heterocycles. The number of piperidine rings is 1. The van der Waals surface area contributed by atoms with Crippen molar-refractivity contribution in [2.75, 3.05) is 19.7 Å². The number of hydrogen-bond donors (Lipinski definition) is 1. The summed E-state index contributed by atoms with van der Waals surface area (Å²) in [5.74, 6) is 0.544. The van der Waals surface area contributed by atoms with Gasteiger partial charge in [-0.2, -0.15) is 8.78 Å². The van der Waals surface area contributed by atoms with E-state index in [2.05, 4.69) is 24.7 Å². The summed E-state index contributed by atoms with van der Waals surface area (Å²) in [6.45, 7) is 1.55. The van der Waals surface area contributed by atoms with Gasteiger partial charge in [0.25, 0.3) is 0 Å². The van der Waals surface area contributed by atoms with Crippen LogP contribution in [0.3, 0.4) is 0 Å². The van der Waals surface area contributed by atoms with Crippen molar-refractivity contribution in [3.63, 3.8) is 0 Å². The number of fused-ring (bicyclic) bond motifs is 1. The second-order valence-electron chi connectivity index (χ2n) is 7.65. The highest BCUT2D eigenvalue weighted by atomic mass is 19.3. The summed E-state index contributed by atoms with van der Waals surface area (Å²) in [6, 6.07) is 10.1. The molecule has 33 heavy (non-hydrogen) atoms. The average molecular weight is 462 g/mol. The second-order valence-corrected chi connectivity index (χ2v) is 7.65. The topological polar surface area (TPSA) is 98.9 Å². The van der Waals surface area contributed by atoms with Gasteiger partial charge in [-0.05, 0) is 49.6 Å². The highest BCUT2D eigenvalue weighted by molar-refractivity contribution is 5.77. The van der Waals surface area contributed by atoms with Gasteiger partial charge in [0.05, 0.1) is 18.2 Å². The van der Waals surface area contributed by atoms with E-state index in [9.17, 15) is 13.6 Å². The van der Waals surface area contributed by atoms with Gasteiger partial charge in [0, 0.05) is 25.7 Å². The molecule has 11 heteroatoms. The summed E-state index contributed by atoms with van der Waals surface area (Å²) < 4.78 is 41.8. The first kappa shape index (κ1) is 22.7. The van der Waals surface area contributed by atoms with Gasteiger partial charge in [0.2, 0.25) is 0 Å². The van der Waals surface area contributed by atoms with Gasteiger partial charge in [-0.3, -0.25) is 4.90 Å². The zero-order valence-corrected chi connectivity index (χ0v) is 18.0.